The fourth-order valence-electron chi connectivity index (χ4n) is 3.02. The molecule has 0 radical (unpaired) electrons. The van der Waals surface area contributed by atoms with Gasteiger partial charge < -0.3 is 15.0 Å². The Bertz CT molecular complexity index is 1200. The second kappa shape index (κ2) is 8.55. The van der Waals surface area contributed by atoms with Crippen LogP contribution in [-0.4, -0.2) is 28.5 Å². The Hall–Kier alpha value is -3.75. The van der Waals surface area contributed by atoms with Gasteiger partial charge in [-0.3, -0.25) is 19.7 Å². The predicted octanol–water partition coefficient (Wildman–Crippen LogP) is 3.80. The molecule has 1 atom stereocenters. The summed E-state index contributed by atoms with van der Waals surface area (Å²) in [5, 5.41) is 14.2. The number of amides is 1. The molecular weight excluding hydrogens is 405 g/mol. The summed E-state index contributed by atoms with van der Waals surface area (Å²) >= 11 is 0. The second-order valence-corrected chi connectivity index (χ2v) is 8.17. The zero-order valence-corrected chi connectivity index (χ0v) is 17.3. The van der Waals surface area contributed by atoms with Crippen LogP contribution in [0.15, 0.2) is 53.3 Å². The molecule has 3 aromatic rings. The maximum atomic E-state index is 13.9. The van der Waals surface area contributed by atoms with Crippen molar-refractivity contribution in [3.05, 3.63) is 80.4 Å². The molecule has 0 saturated carbocycles. The van der Waals surface area contributed by atoms with Gasteiger partial charge in [0.05, 0.1) is 16.5 Å². The number of benzene rings is 2. The van der Waals surface area contributed by atoms with E-state index in [4.69, 9.17) is 4.74 Å². The van der Waals surface area contributed by atoms with Crippen LogP contribution in [0.2, 0.25) is 0 Å². The molecule has 8 nitrogen and oxygen atoms in total. The Morgan fingerprint density at radius 3 is 2.58 bits per heavy atom. The largest absolute Gasteiger partial charge is 0.488 e. The minimum atomic E-state index is -0.589. The number of ether oxygens (including phenoxy) is 1. The summed E-state index contributed by atoms with van der Waals surface area (Å²) in [4.78, 5) is 38.2. The van der Waals surface area contributed by atoms with E-state index in [0.29, 0.717) is 5.52 Å². The number of halogens is 1. The van der Waals surface area contributed by atoms with E-state index < -0.39 is 33.7 Å². The summed E-state index contributed by atoms with van der Waals surface area (Å²) < 4.78 is 19.5. The van der Waals surface area contributed by atoms with Crippen molar-refractivity contribution >= 4 is 22.5 Å². The fourth-order valence-corrected chi connectivity index (χ4v) is 3.02. The highest BCUT2D eigenvalue weighted by atomic mass is 19.1. The van der Waals surface area contributed by atoms with Gasteiger partial charge in [0.1, 0.15) is 6.61 Å². The van der Waals surface area contributed by atoms with E-state index in [1.807, 2.05) is 20.8 Å². The number of non-ortho nitro benzene ring substituents is 1. The van der Waals surface area contributed by atoms with Crippen LogP contribution >= 0.6 is 0 Å². The number of pyridine rings is 1. The number of carbonyl (C=O) groups is 1. The Morgan fingerprint density at radius 1 is 1.23 bits per heavy atom. The number of nitrogens with zero attached hydrogens (tertiary/aromatic N) is 1. The lowest BCUT2D eigenvalue weighted by Gasteiger charge is -2.31. The minimum Gasteiger partial charge on any atom is -0.488 e. The molecule has 0 saturated heterocycles. The molecule has 1 amide bonds. The number of nitrogens with one attached hydrogen (secondary N) is 2. The van der Waals surface area contributed by atoms with E-state index in [2.05, 4.69) is 10.3 Å². The van der Waals surface area contributed by atoms with Crippen molar-refractivity contribution in [3.8, 4) is 5.75 Å². The summed E-state index contributed by atoms with van der Waals surface area (Å²) in [7, 11) is 0. The van der Waals surface area contributed by atoms with Gasteiger partial charge >= 0.3 is 0 Å². The van der Waals surface area contributed by atoms with Gasteiger partial charge in [-0.15, -0.1) is 0 Å². The number of nitro groups is 1. The molecule has 162 valence electrons. The highest BCUT2D eigenvalue weighted by molar-refractivity contribution is 6.06. The molecule has 0 aliphatic carbocycles. The van der Waals surface area contributed by atoms with E-state index >= 15 is 0 Å². The SMILES string of the molecule is CC(C)(C)C(COc1ccccc1F)NC(=O)c1cc(=O)[nH]c2ccc([N+](=O)[O-])cc12. The average molecular weight is 427 g/mol. The standard InChI is InChI=1S/C22H22FN3O5/c1-22(2,3)19(12-31-18-7-5-4-6-16(18)23)25-21(28)15-11-20(27)24-17-9-8-13(26(29)30)10-14(15)17/h4-11,19H,12H2,1-3H3,(H,24,27)(H,25,28). The first kappa shape index (κ1) is 21.9. The number of hydrogen-bond acceptors (Lipinski definition) is 5. The minimum absolute atomic E-state index is 0.00240. The first-order chi connectivity index (χ1) is 14.6. The molecule has 1 unspecified atom stereocenters. The van der Waals surface area contributed by atoms with Crippen molar-refractivity contribution in [3.63, 3.8) is 0 Å². The molecule has 9 heteroatoms. The first-order valence-corrected chi connectivity index (χ1v) is 9.56. The first-order valence-electron chi connectivity index (χ1n) is 9.56. The monoisotopic (exact) mass is 427 g/mol. The van der Waals surface area contributed by atoms with Gasteiger partial charge in [-0.05, 0) is 23.6 Å². The molecule has 31 heavy (non-hydrogen) atoms. The van der Waals surface area contributed by atoms with Crippen LogP contribution in [0.1, 0.15) is 31.1 Å². The lowest BCUT2D eigenvalue weighted by molar-refractivity contribution is -0.384. The number of aromatic nitrogens is 1. The fraction of sp³-hybridized carbons (Fsp3) is 0.273. The maximum Gasteiger partial charge on any atom is 0.270 e. The number of hydrogen-bond donors (Lipinski definition) is 2. The number of nitro benzene ring substituents is 1. The van der Waals surface area contributed by atoms with Gasteiger partial charge in [0.15, 0.2) is 11.6 Å². The summed E-state index contributed by atoms with van der Waals surface area (Å²) in [6.07, 6.45) is 0. The van der Waals surface area contributed by atoms with Gasteiger partial charge in [-0.2, -0.15) is 0 Å². The van der Waals surface area contributed by atoms with Crippen molar-refractivity contribution in [1.82, 2.24) is 10.3 Å². The Morgan fingerprint density at radius 2 is 1.94 bits per heavy atom. The molecule has 0 spiro atoms. The molecule has 2 N–H and O–H groups in total. The smallest absolute Gasteiger partial charge is 0.270 e. The number of rotatable bonds is 6. The lowest BCUT2D eigenvalue weighted by atomic mass is 9.87. The van der Waals surface area contributed by atoms with Crippen LogP contribution in [0, 0.1) is 21.3 Å². The zero-order chi connectivity index (χ0) is 22.8. The Labute approximate surface area is 177 Å². The molecule has 0 aliphatic rings. The third-order valence-electron chi connectivity index (χ3n) is 4.87. The van der Waals surface area contributed by atoms with Crippen LogP contribution in [-0.2, 0) is 0 Å². The molecule has 0 bridgehead atoms. The number of para-hydroxylation sites is 1. The topological polar surface area (TPSA) is 114 Å². The number of H-pyrrole nitrogens is 1. The highest BCUT2D eigenvalue weighted by Gasteiger charge is 2.28. The molecule has 2 aromatic carbocycles. The van der Waals surface area contributed by atoms with E-state index in [-0.39, 0.29) is 29.0 Å². The summed E-state index contributed by atoms with van der Waals surface area (Å²) in [6.45, 7) is 5.62. The van der Waals surface area contributed by atoms with E-state index in [1.54, 1.807) is 12.1 Å². The molecule has 1 aromatic heterocycles. The second-order valence-electron chi connectivity index (χ2n) is 8.17. The van der Waals surface area contributed by atoms with Crippen LogP contribution in [0.5, 0.6) is 5.75 Å². The van der Waals surface area contributed by atoms with Gasteiger partial charge in [-0.1, -0.05) is 32.9 Å². The molecular formula is C22H22FN3O5. The third kappa shape index (κ3) is 5.06. The van der Waals surface area contributed by atoms with Crippen LogP contribution in [0.3, 0.4) is 0 Å². The van der Waals surface area contributed by atoms with E-state index in [9.17, 15) is 24.1 Å². The van der Waals surface area contributed by atoms with E-state index in [1.165, 1.54) is 30.3 Å². The number of aromatic amines is 1. The lowest BCUT2D eigenvalue weighted by Crippen LogP contribution is -2.47. The predicted molar refractivity (Wildman–Crippen MR) is 114 cm³/mol. The maximum absolute atomic E-state index is 13.9. The molecule has 0 fully saturated rings. The van der Waals surface area contributed by atoms with Gasteiger partial charge in [-0.25, -0.2) is 4.39 Å². The summed E-state index contributed by atoms with van der Waals surface area (Å²) in [5.74, 6) is -1.05. The van der Waals surface area contributed by atoms with E-state index in [0.717, 1.165) is 6.07 Å². The normalized spacial score (nSPS) is 12.4. The van der Waals surface area contributed by atoms with Crippen molar-refractivity contribution < 1.29 is 18.8 Å². The van der Waals surface area contributed by atoms with Crippen molar-refractivity contribution in [2.75, 3.05) is 6.61 Å². The number of fused-ring (bicyclic) bond motifs is 1. The van der Waals surface area contributed by atoms with Crippen LogP contribution in [0.25, 0.3) is 10.9 Å². The van der Waals surface area contributed by atoms with Gasteiger partial charge in [0.25, 0.3) is 11.6 Å². The van der Waals surface area contributed by atoms with Crippen molar-refractivity contribution in [2.24, 2.45) is 5.41 Å². The summed E-state index contributed by atoms with van der Waals surface area (Å²) in [6, 6.07) is 10.4. The Kier molecular flexibility index (Phi) is 6.05. The Balaban J connectivity index is 1.92. The van der Waals surface area contributed by atoms with Crippen molar-refractivity contribution in [1.29, 1.82) is 0 Å². The zero-order valence-electron chi connectivity index (χ0n) is 17.3. The van der Waals surface area contributed by atoms with Gasteiger partial charge in [0.2, 0.25) is 5.56 Å². The van der Waals surface area contributed by atoms with Crippen LogP contribution < -0.4 is 15.6 Å². The third-order valence-corrected chi connectivity index (χ3v) is 4.87. The highest BCUT2D eigenvalue weighted by Crippen LogP contribution is 2.25. The molecule has 0 aliphatic heterocycles. The van der Waals surface area contributed by atoms with Gasteiger partial charge in [0, 0.05) is 29.1 Å². The average Bonchev–Trinajstić information content (AvgIpc) is 2.70. The number of carbonyl (C=O) groups excluding carboxylic acids is 1. The van der Waals surface area contributed by atoms with Crippen molar-refractivity contribution in [2.45, 2.75) is 26.8 Å². The quantitative estimate of drug-likeness (QED) is 0.459. The van der Waals surface area contributed by atoms with Crippen LogP contribution in [0.4, 0.5) is 10.1 Å². The molecule has 3 rings (SSSR count). The molecule has 1 heterocycles. The summed E-state index contributed by atoms with van der Waals surface area (Å²) in [5.41, 5.74) is -0.879.